The van der Waals surface area contributed by atoms with Crippen molar-refractivity contribution in [3.05, 3.63) is 0 Å². The van der Waals surface area contributed by atoms with Gasteiger partial charge in [0.1, 0.15) is 0 Å². The number of aliphatic hydroxyl groups excluding tert-OH is 1. The number of hydrogen-bond acceptors (Lipinski definition) is 3. The van der Waals surface area contributed by atoms with E-state index in [1.54, 1.807) is 0 Å². The number of hydrogen-bond donors (Lipinski definition) is 2. The second kappa shape index (κ2) is 5.52. The first-order valence-electron chi connectivity index (χ1n) is 4.13. The molecule has 0 heterocycles. The number of nitrogens with two attached hydrogens (primary N) is 1. The van der Waals surface area contributed by atoms with Crippen molar-refractivity contribution in [2.75, 3.05) is 26.7 Å². The molecule has 0 fully saturated rings. The molecular weight excluding hydrogens is 140 g/mol. The number of nitrogens with zero attached hydrogens (tertiary/aromatic N) is 1. The molecule has 0 saturated heterocycles. The second-order valence-corrected chi connectivity index (χ2v) is 3.31. The van der Waals surface area contributed by atoms with Crippen LogP contribution < -0.4 is 5.73 Å². The molecule has 0 spiro atoms. The molecule has 0 radical (unpaired) electrons. The van der Waals surface area contributed by atoms with Crippen LogP contribution in [0.3, 0.4) is 0 Å². The predicted molar refractivity (Wildman–Crippen MR) is 47.4 cm³/mol. The third-order valence-electron chi connectivity index (χ3n) is 2.02. The molecule has 0 rings (SSSR count). The first-order valence-corrected chi connectivity index (χ1v) is 4.13. The third-order valence-corrected chi connectivity index (χ3v) is 2.02. The molecular formula is C8H20N2O. The Labute approximate surface area is 69.2 Å². The Bertz CT molecular complexity index is 98.1. The van der Waals surface area contributed by atoms with Gasteiger partial charge in [-0.15, -0.1) is 0 Å². The normalized spacial score (nSPS) is 16.9. The van der Waals surface area contributed by atoms with E-state index in [1.165, 1.54) is 0 Å². The van der Waals surface area contributed by atoms with E-state index >= 15 is 0 Å². The van der Waals surface area contributed by atoms with Crippen LogP contribution in [-0.4, -0.2) is 42.8 Å². The smallest absolute Gasteiger partial charge is 0.0584 e. The standard InChI is InChI=1S/C8H20N2O/c1-7(4-9)5-10(3)8(2)6-11/h7-8,11H,4-6,9H2,1-3H3. The van der Waals surface area contributed by atoms with Crippen molar-refractivity contribution in [1.29, 1.82) is 0 Å². The van der Waals surface area contributed by atoms with E-state index in [4.69, 9.17) is 10.8 Å². The van der Waals surface area contributed by atoms with Crippen molar-refractivity contribution >= 4 is 0 Å². The van der Waals surface area contributed by atoms with Crippen LogP contribution in [0.5, 0.6) is 0 Å². The maximum atomic E-state index is 8.82. The molecule has 0 saturated carbocycles. The summed E-state index contributed by atoms with van der Waals surface area (Å²) in [5, 5.41) is 8.82. The van der Waals surface area contributed by atoms with Crippen molar-refractivity contribution in [3.8, 4) is 0 Å². The highest BCUT2D eigenvalue weighted by Gasteiger charge is 2.09. The summed E-state index contributed by atoms with van der Waals surface area (Å²) in [4.78, 5) is 2.12. The Hall–Kier alpha value is -0.120. The summed E-state index contributed by atoms with van der Waals surface area (Å²) in [6.07, 6.45) is 0. The zero-order chi connectivity index (χ0) is 8.85. The quantitative estimate of drug-likeness (QED) is 0.590. The molecule has 0 aromatic rings. The minimum atomic E-state index is 0.216. The molecule has 3 heteroatoms. The van der Waals surface area contributed by atoms with E-state index in [2.05, 4.69) is 11.8 Å². The molecule has 0 aliphatic heterocycles. The Morgan fingerprint density at radius 3 is 2.36 bits per heavy atom. The SMILES string of the molecule is CC(CN)CN(C)C(C)CO. The average molecular weight is 160 g/mol. The maximum absolute atomic E-state index is 8.82. The molecule has 0 aliphatic rings. The molecule has 0 amide bonds. The molecule has 0 bridgehead atoms. The lowest BCUT2D eigenvalue weighted by Gasteiger charge is -2.25. The first-order chi connectivity index (χ1) is 5.11. The highest BCUT2D eigenvalue weighted by Crippen LogP contribution is 1.99. The number of likely N-dealkylation sites (N-methyl/N-ethyl adjacent to an activating group) is 1. The fourth-order valence-corrected chi connectivity index (χ4v) is 0.885. The Kier molecular flexibility index (Phi) is 5.46. The van der Waals surface area contributed by atoms with E-state index in [1.807, 2.05) is 14.0 Å². The minimum absolute atomic E-state index is 0.216. The van der Waals surface area contributed by atoms with Crippen LogP contribution in [0.1, 0.15) is 13.8 Å². The van der Waals surface area contributed by atoms with Crippen molar-refractivity contribution in [3.63, 3.8) is 0 Å². The van der Waals surface area contributed by atoms with E-state index < -0.39 is 0 Å². The van der Waals surface area contributed by atoms with Gasteiger partial charge in [0.05, 0.1) is 6.61 Å². The average Bonchev–Trinajstić information content (AvgIpc) is 2.02. The lowest BCUT2D eigenvalue weighted by atomic mass is 10.1. The molecule has 2 unspecified atom stereocenters. The van der Waals surface area contributed by atoms with Crippen molar-refractivity contribution in [2.24, 2.45) is 11.7 Å². The van der Waals surface area contributed by atoms with Crippen LogP contribution in [0.15, 0.2) is 0 Å². The van der Waals surface area contributed by atoms with Gasteiger partial charge in [-0.25, -0.2) is 0 Å². The topological polar surface area (TPSA) is 49.5 Å². The monoisotopic (exact) mass is 160 g/mol. The van der Waals surface area contributed by atoms with Gasteiger partial charge in [-0.2, -0.15) is 0 Å². The van der Waals surface area contributed by atoms with Gasteiger partial charge in [0, 0.05) is 12.6 Å². The van der Waals surface area contributed by atoms with Crippen LogP contribution in [0.4, 0.5) is 0 Å². The van der Waals surface area contributed by atoms with E-state index in [0.717, 1.165) is 6.54 Å². The number of rotatable bonds is 5. The largest absolute Gasteiger partial charge is 0.395 e. The maximum Gasteiger partial charge on any atom is 0.0584 e. The van der Waals surface area contributed by atoms with Gasteiger partial charge in [-0.3, -0.25) is 0 Å². The highest BCUT2D eigenvalue weighted by molar-refractivity contribution is 4.65. The predicted octanol–water partition coefficient (Wildman–Crippen LogP) is -0.106. The van der Waals surface area contributed by atoms with E-state index in [0.29, 0.717) is 12.5 Å². The third kappa shape index (κ3) is 4.35. The Balaban J connectivity index is 3.58. The Morgan fingerprint density at radius 2 is 2.00 bits per heavy atom. The summed E-state index contributed by atoms with van der Waals surface area (Å²) in [5.74, 6) is 0.508. The van der Waals surface area contributed by atoms with Gasteiger partial charge >= 0.3 is 0 Å². The van der Waals surface area contributed by atoms with Crippen LogP contribution in [0.2, 0.25) is 0 Å². The molecule has 0 aromatic carbocycles. The zero-order valence-corrected chi connectivity index (χ0v) is 7.75. The van der Waals surface area contributed by atoms with Crippen LogP contribution >= 0.6 is 0 Å². The van der Waals surface area contributed by atoms with Crippen LogP contribution in [0.25, 0.3) is 0 Å². The fourth-order valence-electron chi connectivity index (χ4n) is 0.885. The van der Waals surface area contributed by atoms with Crippen molar-refractivity contribution in [1.82, 2.24) is 4.90 Å². The summed E-state index contributed by atoms with van der Waals surface area (Å²) in [6, 6.07) is 0.240. The zero-order valence-electron chi connectivity index (χ0n) is 7.75. The van der Waals surface area contributed by atoms with Gasteiger partial charge in [0.2, 0.25) is 0 Å². The molecule has 2 atom stereocenters. The highest BCUT2D eigenvalue weighted by atomic mass is 16.3. The molecule has 68 valence electrons. The first kappa shape index (κ1) is 10.9. The molecule has 11 heavy (non-hydrogen) atoms. The minimum Gasteiger partial charge on any atom is -0.395 e. The van der Waals surface area contributed by atoms with Crippen LogP contribution in [0, 0.1) is 5.92 Å². The molecule has 0 aromatic heterocycles. The lowest BCUT2D eigenvalue weighted by molar-refractivity contribution is 0.146. The lowest BCUT2D eigenvalue weighted by Crippen LogP contribution is -2.37. The van der Waals surface area contributed by atoms with Crippen molar-refractivity contribution < 1.29 is 5.11 Å². The Morgan fingerprint density at radius 1 is 1.45 bits per heavy atom. The summed E-state index contributed by atoms with van der Waals surface area (Å²) in [7, 11) is 2.01. The van der Waals surface area contributed by atoms with E-state index in [9.17, 15) is 0 Å². The fraction of sp³-hybridized carbons (Fsp3) is 1.00. The second-order valence-electron chi connectivity index (χ2n) is 3.31. The van der Waals surface area contributed by atoms with Gasteiger partial charge in [0.25, 0.3) is 0 Å². The van der Waals surface area contributed by atoms with Gasteiger partial charge in [-0.05, 0) is 26.4 Å². The summed E-state index contributed by atoms with van der Waals surface area (Å²) < 4.78 is 0. The van der Waals surface area contributed by atoms with E-state index in [-0.39, 0.29) is 12.6 Å². The molecule has 0 aliphatic carbocycles. The summed E-state index contributed by atoms with van der Waals surface area (Å²) in [6.45, 7) is 6.00. The van der Waals surface area contributed by atoms with Gasteiger partial charge in [-0.1, -0.05) is 6.92 Å². The van der Waals surface area contributed by atoms with Gasteiger partial charge in [0.15, 0.2) is 0 Å². The van der Waals surface area contributed by atoms with Crippen molar-refractivity contribution in [2.45, 2.75) is 19.9 Å². The molecule has 3 nitrogen and oxygen atoms in total. The molecule has 3 N–H and O–H groups in total. The van der Waals surface area contributed by atoms with Crippen LogP contribution in [-0.2, 0) is 0 Å². The van der Waals surface area contributed by atoms with Gasteiger partial charge < -0.3 is 15.7 Å². The summed E-state index contributed by atoms with van der Waals surface area (Å²) in [5.41, 5.74) is 5.47. The summed E-state index contributed by atoms with van der Waals surface area (Å²) >= 11 is 0. The number of aliphatic hydroxyl groups is 1.